The maximum atomic E-state index is 12.7. The van der Waals surface area contributed by atoms with Crippen molar-refractivity contribution in [3.63, 3.8) is 0 Å². The Morgan fingerprint density at radius 2 is 1.69 bits per heavy atom. The number of nitrogens with zero attached hydrogens (tertiary/aromatic N) is 1. The molecule has 2 rings (SSSR count). The van der Waals surface area contributed by atoms with Crippen LogP contribution < -0.4 is 10.6 Å². The van der Waals surface area contributed by atoms with Crippen molar-refractivity contribution >= 4 is 21.6 Å². The van der Waals surface area contributed by atoms with E-state index in [1.54, 1.807) is 27.7 Å². The zero-order valence-corrected chi connectivity index (χ0v) is 21.8. The first-order valence-corrected chi connectivity index (χ1v) is 13.3. The lowest BCUT2D eigenvalue weighted by atomic mass is 10.0. The first-order valence-electron chi connectivity index (χ1n) is 11.7. The Morgan fingerprint density at radius 1 is 1.08 bits per heavy atom. The fourth-order valence-electron chi connectivity index (χ4n) is 3.54. The molecule has 0 spiro atoms. The van der Waals surface area contributed by atoms with E-state index >= 15 is 0 Å². The van der Waals surface area contributed by atoms with Crippen molar-refractivity contribution < 1.29 is 28.0 Å². The van der Waals surface area contributed by atoms with Gasteiger partial charge in [0.1, 0.15) is 5.60 Å². The molecule has 2 aromatic carbocycles. The van der Waals surface area contributed by atoms with E-state index in [2.05, 4.69) is 10.6 Å². The standard InChI is InChI=1S/C25H35N3O7S/c1-18(17-36(33,34)21-12-10-20(11-13-21)28(31)32)15-26-16-23(29)22(14-19-8-6-5-7-9-19)27-24(30)35-25(2,3)4/h5-13,18,22-23,26,29H,14-17H2,1-4H3,(H,27,30)/t18?,22-,23-/m0/s1. The molecule has 36 heavy (non-hydrogen) atoms. The molecule has 2 aromatic rings. The van der Waals surface area contributed by atoms with Crippen LogP contribution in [0.25, 0.3) is 0 Å². The van der Waals surface area contributed by atoms with E-state index in [0.717, 1.165) is 17.7 Å². The van der Waals surface area contributed by atoms with Gasteiger partial charge in [-0.1, -0.05) is 37.3 Å². The fraction of sp³-hybridized carbons (Fsp3) is 0.480. The number of alkyl carbamates (subject to hydrolysis) is 1. The number of nitrogens with one attached hydrogen (secondary N) is 2. The summed E-state index contributed by atoms with van der Waals surface area (Å²) in [6.45, 7) is 7.43. The van der Waals surface area contributed by atoms with Crippen molar-refractivity contribution in [1.82, 2.24) is 10.6 Å². The second-order valence-electron chi connectivity index (χ2n) is 9.81. The van der Waals surface area contributed by atoms with Gasteiger partial charge < -0.3 is 20.5 Å². The number of amides is 1. The van der Waals surface area contributed by atoms with Gasteiger partial charge in [0.2, 0.25) is 0 Å². The van der Waals surface area contributed by atoms with Crippen LogP contribution in [0, 0.1) is 16.0 Å². The van der Waals surface area contributed by atoms with Gasteiger partial charge in [-0.25, -0.2) is 13.2 Å². The van der Waals surface area contributed by atoms with Crippen molar-refractivity contribution in [2.75, 3.05) is 18.8 Å². The Bertz CT molecular complexity index is 1100. The highest BCUT2D eigenvalue weighted by molar-refractivity contribution is 7.91. The summed E-state index contributed by atoms with van der Waals surface area (Å²) in [5, 5.41) is 27.4. The molecule has 3 N–H and O–H groups in total. The Morgan fingerprint density at radius 3 is 2.25 bits per heavy atom. The maximum absolute atomic E-state index is 12.7. The van der Waals surface area contributed by atoms with Crippen molar-refractivity contribution in [3.8, 4) is 0 Å². The SMILES string of the molecule is CC(CNC[C@H](O)[C@H](Cc1ccccc1)NC(=O)OC(C)(C)C)CS(=O)(=O)c1ccc([N+](=O)[O-])cc1. The molecule has 3 atom stereocenters. The van der Waals surface area contributed by atoms with Crippen LogP contribution in [0.4, 0.5) is 10.5 Å². The molecule has 0 fully saturated rings. The molecule has 0 bridgehead atoms. The summed E-state index contributed by atoms with van der Waals surface area (Å²) in [6, 6.07) is 13.6. The molecule has 0 aliphatic rings. The first-order chi connectivity index (χ1) is 16.8. The predicted molar refractivity (Wildman–Crippen MR) is 136 cm³/mol. The number of nitro groups is 1. The molecule has 0 saturated carbocycles. The third-order valence-corrected chi connectivity index (χ3v) is 7.22. The number of hydrogen-bond acceptors (Lipinski definition) is 8. The number of aliphatic hydroxyl groups is 1. The van der Waals surface area contributed by atoms with Gasteiger partial charge >= 0.3 is 6.09 Å². The summed E-state index contributed by atoms with van der Waals surface area (Å²) in [5.41, 5.74) is 0.0673. The highest BCUT2D eigenvalue weighted by Crippen LogP contribution is 2.18. The van der Waals surface area contributed by atoms with Crippen LogP contribution in [0.1, 0.15) is 33.3 Å². The summed E-state index contributed by atoms with van der Waals surface area (Å²) < 4.78 is 30.6. The number of benzene rings is 2. The third-order valence-electron chi connectivity index (χ3n) is 5.22. The van der Waals surface area contributed by atoms with Gasteiger partial charge in [0.15, 0.2) is 9.84 Å². The van der Waals surface area contributed by atoms with E-state index in [-0.39, 0.29) is 28.8 Å². The molecule has 1 amide bonds. The van der Waals surface area contributed by atoms with Crippen LogP contribution in [0.5, 0.6) is 0 Å². The van der Waals surface area contributed by atoms with Gasteiger partial charge in [-0.05, 0) is 57.4 Å². The molecular weight excluding hydrogens is 486 g/mol. The van der Waals surface area contributed by atoms with Crippen LogP contribution >= 0.6 is 0 Å². The molecule has 0 aliphatic heterocycles. The van der Waals surface area contributed by atoms with Gasteiger partial charge in [-0.3, -0.25) is 10.1 Å². The zero-order valence-electron chi connectivity index (χ0n) is 21.0. The van der Waals surface area contributed by atoms with Crippen molar-refractivity contribution in [2.45, 2.75) is 56.8 Å². The second kappa shape index (κ2) is 12.8. The first kappa shape index (κ1) is 29.2. The van der Waals surface area contributed by atoms with Crippen molar-refractivity contribution in [1.29, 1.82) is 0 Å². The van der Waals surface area contributed by atoms with Gasteiger partial charge in [-0.2, -0.15) is 0 Å². The molecule has 0 heterocycles. The number of ether oxygens (including phenoxy) is 1. The maximum Gasteiger partial charge on any atom is 0.407 e. The largest absolute Gasteiger partial charge is 0.444 e. The van der Waals surface area contributed by atoms with Crippen LogP contribution in [0.3, 0.4) is 0 Å². The lowest BCUT2D eigenvalue weighted by Crippen LogP contribution is -2.50. The highest BCUT2D eigenvalue weighted by atomic mass is 32.2. The summed E-state index contributed by atoms with van der Waals surface area (Å²) in [6.07, 6.45) is -1.21. The van der Waals surface area contributed by atoms with Crippen LogP contribution in [0.2, 0.25) is 0 Å². The van der Waals surface area contributed by atoms with E-state index in [9.17, 15) is 28.4 Å². The van der Waals surface area contributed by atoms with Crippen LogP contribution in [-0.4, -0.2) is 61.1 Å². The average Bonchev–Trinajstić information content (AvgIpc) is 2.77. The minimum atomic E-state index is -3.64. The minimum absolute atomic E-state index is 0.0180. The molecule has 198 valence electrons. The highest BCUT2D eigenvalue weighted by Gasteiger charge is 2.25. The topological polar surface area (TPSA) is 148 Å². The van der Waals surface area contributed by atoms with Crippen molar-refractivity contribution in [2.24, 2.45) is 5.92 Å². The quantitative estimate of drug-likeness (QED) is 0.285. The van der Waals surface area contributed by atoms with Crippen LogP contribution in [-0.2, 0) is 21.0 Å². The van der Waals surface area contributed by atoms with Gasteiger partial charge in [0.25, 0.3) is 5.69 Å². The van der Waals surface area contributed by atoms with E-state index in [0.29, 0.717) is 13.0 Å². The Hall–Kier alpha value is -3.02. The number of nitro benzene ring substituents is 1. The number of aliphatic hydroxyl groups excluding tert-OH is 1. The minimum Gasteiger partial charge on any atom is -0.444 e. The molecule has 11 heteroatoms. The smallest absolute Gasteiger partial charge is 0.407 e. The number of sulfone groups is 1. The van der Waals surface area contributed by atoms with Gasteiger partial charge in [0.05, 0.1) is 27.7 Å². The van der Waals surface area contributed by atoms with E-state index in [1.807, 2.05) is 30.3 Å². The summed E-state index contributed by atoms with van der Waals surface area (Å²) in [4.78, 5) is 22.5. The molecule has 10 nitrogen and oxygen atoms in total. The molecule has 0 saturated heterocycles. The summed E-state index contributed by atoms with van der Waals surface area (Å²) in [7, 11) is -3.64. The number of rotatable bonds is 12. The summed E-state index contributed by atoms with van der Waals surface area (Å²) in [5.74, 6) is -0.471. The van der Waals surface area contributed by atoms with Gasteiger partial charge in [-0.15, -0.1) is 0 Å². The molecule has 0 radical (unpaired) electrons. The molecule has 0 aromatic heterocycles. The molecular formula is C25H35N3O7S. The van der Waals surface area contributed by atoms with Crippen LogP contribution in [0.15, 0.2) is 59.5 Å². The Balaban J connectivity index is 1.94. The second-order valence-corrected chi connectivity index (χ2v) is 11.8. The number of carbonyl (C=O) groups excluding carboxylic acids is 1. The normalized spacial score (nSPS) is 14.5. The lowest BCUT2D eigenvalue weighted by molar-refractivity contribution is -0.384. The van der Waals surface area contributed by atoms with Crippen molar-refractivity contribution in [3.05, 3.63) is 70.3 Å². The van der Waals surface area contributed by atoms with E-state index in [4.69, 9.17) is 4.74 Å². The fourth-order valence-corrected chi connectivity index (χ4v) is 5.15. The van der Waals surface area contributed by atoms with Gasteiger partial charge in [0, 0.05) is 18.7 Å². The number of non-ortho nitro benzene ring substituents is 1. The number of carbonyl (C=O) groups is 1. The number of hydrogen-bond donors (Lipinski definition) is 3. The molecule has 0 aliphatic carbocycles. The third kappa shape index (κ3) is 9.92. The summed E-state index contributed by atoms with van der Waals surface area (Å²) >= 11 is 0. The average molecular weight is 522 g/mol. The lowest BCUT2D eigenvalue weighted by Gasteiger charge is -2.27. The zero-order chi connectivity index (χ0) is 26.9. The molecule has 1 unspecified atom stereocenters. The Kier molecular flexibility index (Phi) is 10.4. The predicted octanol–water partition coefficient (Wildman–Crippen LogP) is 3.09. The monoisotopic (exact) mass is 521 g/mol. The van der Waals surface area contributed by atoms with E-state index in [1.165, 1.54) is 12.1 Å². The van der Waals surface area contributed by atoms with E-state index < -0.39 is 38.6 Å². The Labute approximate surface area is 212 Å².